The van der Waals surface area contributed by atoms with Gasteiger partial charge in [0.25, 0.3) is 0 Å². The number of rotatable bonds is 6. The first kappa shape index (κ1) is 19.5. The molecular formula is C20H23N5O3S. The van der Waals surface area contributed by atoms with Crippen molar-refractivity contribution in [3.05, 3.63) is 54.5 Å². The maximum atomic E-state index is 13.0. The lowest BCUT2D eigenvalue weighted by atomic mass is 10.1. The van der Waals surface area contributed by atoms with E-state index in [9.17, 15) is 13.2 Å². The average Bonchev–Trinajstić information content (AvgIpc) is 3.32. The van der Waals surface area contributed by atoms with Gasteiger partial charge >= 0.3 is 0 Å². The summed E-state index contributed by atoms with van der Waals surface area (Å²) in [5, 5.41) is 8.34. The number of sulfonamides is 1. The molecule has 1 atom stereocenters. The van der Waals surface area contributed by atoms with Crippen LogP contribution in [0, 0.1) is 5.92 Å². The van der Waals surface area contributed by atoms with E-state index in [0.717, 1.165) is 12.1 Å². The highest BCUT2D eigenvalue weighted by Gasteiger charge is 2.28. The molecule has 8 nitrogen and oxygen atoms in total. The molecule has 1 amide bonds. The van der Waals surface area contributed by atoms with Gasteiger partial charge in [-0.2, -0.15) is 0 Å². The van der Waals surface area contributed by atoms with Crippen LogP contribution in [0.3, 0.4) is 0 Å². The topological polar surface area (TPSA) is 96.7 Å². The molecule has 9 heteroatoms. The number of hydrogen-bond donors (Lipinski definition) is 1. The summed E-state index contributed by atoms with van der Waals surface area (Å²) >= 11 is 0. The molecule has 1 fully saturated rings. The first-order valence-electron chi connectivity index (χ1n) is 9.59. The van der Waals surface area contributed by atoms with Crippen LogP contribution in [0.5, 0.6) is 0 Å². The van der Waals surface area contributed by atoms with Gasteiger partial charge in [0.15, 0.2) is 11.5 Å². The van der Waals surface area contributed by atoms with Crippen molar-refractivity contribution in [2.75, 3.05) is 11.4 Å². The fraction of sp³-hybridized carbons (Fsp3) is 0.350. The third-order valence-electron chi connectivity index (χ3n) is 5.10. The van der Waals surface area contributed by atoms with Crippen LogP contribution in [-0.4, -0.2) is 35.5 Å². The molecule has 0 bridgehead atoms. The summed E-state index contributed by atoms with van der Waals surface area (Å²) in [7, 11) is -3.79. The van der Waals surface area contributed by atoms with Crippen LogP contribution in [0.15, 0.2) is 53.6 Å². The van der Waals surface area contributed by atoms with E-state index in [1.54, 1.807) is 21.4 Å². The van der Waals surface area contributed by atoms with Gasteiger partial charge in [0.1, 0.15) is 0 Å². The molecule has 0 unspecified atom stereocenters. The highest BCUT2D eigenvalue weighted by molar-refractivity contribution is 7.89. The zero-order chi connectivity index (χ0) is 20.6. The van der Waals surface area contributed by atoms with Crippen LogP contribution in [0.25, 0.3) is 5.65 Å². The first-order valence-corrected chi connectivity index (χ1v) is 11.1. The van der Waals surface area contributed by atoms with Gasteiger partial charge in [-0.3, -0.25) is 9.20 Å². The smallest absolute Gasteiger partial charge is 0.241 e. The van der Waals surface area contributed by atoms with Gasteiger partial charge in [-0.15, -0.1) is 10.2 Å². The number of pyridine rings is 1. The predicted molar refractivity (Wildman–Crippen MR) is 109 cm³/mol. The summed E-state index contributed by atoms with van der Waals surface area (Å²) in [6, 6.07) is 11.4. The van der Waals surface area contributed by atoms with Crippen LogP contribution in [0.2, 0.25) is 0 Å². The summed E-state index contributed by atoms with van der Waals surface area (Å²) in [5.74, 6) is 0.564. The number of carbonyl (C=O) groups is 1. The molecular weight excluding hydrogens is 390 g/mol. The number of fused-ring (bicyclic) bond motifs is 1. The van der Waals surface area contributed by atoms with Crippen molar-refractivity contribution in [2.45, 2.75) is 37.6 Å². The summed E-state index contributed by atoms with van der Waals surface area (Å²) in [6.07, 6.45) is 3.17. The van der Waals surface area contributed by atoms with E-state index < -0.39 is 16.1 Å². The number of anilines is 1. The lowest BCUT2D eigenvalue weighted by Crippen LogP contribution is -2.33. The number of hydrogen-bond acceptors (Lipinski definition) is 5. The molecule has 152 valence electrons. The number of nitrogens with one attached hydrogen (secondary N) is 1. The Morgan fingerprint density at radius 2 is 1.83 bits per heavy atom. The van der Waals surface area contributed by atoms with Crippen molar-refractivity contribution < 1.29 is 13.2 Å². The molecule has 3 aromatic rings. The van der Waals surface area contributed by atoms with E-state index in [2.05, 4.69) is 14.9 Å². The highest BCUT2D eigenvalue weighted by Crippen LogP contribution is 2.26. The van der Waals surface area contributed by atoms with Crippen molar-refractivity contribution in [3.63, 3.8) is 0 Å². The van der Waals surface area contributed by atoms with E-state index in [1.807, 2.05) is 38.2 Å². The SMILES string of the molecule is CC(C)[C@@H](NS(=O)(=O)c1ccc(N2CCCC2=O)cc1)c1nnc2ccccn12. The predicted octanol–water partition coefficient (Wildman–Crippen LogP) is 2.53. The molecule has 29 heavy (non-hydrogen) atoms. The minimum atomic E-state index is -3.79. The molecule has 0 saturated carbocycles. The van der Waals surface area contributed by atoms with Crippen LogP contribution in [-0.2, 0) is 14.8 Å². The molecule has 1 N–H and O–H groups in total. The van der Waals surface area contributed by atoms with Gasteiger partial charge < -0.3 is 4.90 Å². The Morgan fingerprint density at radius 1 is 1.07 bits per heavy atom. The summed E-state index contributed by atoms with van der Waals surface area (Å²) in [5.41, 5.74) is 1.38. The molecule has 0 radical (unpaired) electrons. The van der Waals surface area contributed by atoms with Gasteiger partial charge in [-0.05, 0) is 48.7 Å². The van der Waals surface area contributed by atoms with Gasteiger partial charge in [0.2, 0.25) is 15.9 Å². The second kappa shape index (κ2) is 7.57. The second-order valence-corrected chi connectivity index (χ2v) is 9.19. The maximum Gasteiger partial charge on any atom is 0.241 e. The molecule has 1 aromatic carbocycles. The van der Waals surface area contributed by atoms with Crippen LogP contribution >= 0.6 is 0 Å². The van der Waals surface area contributed by atoms with Crippen molar-refractivity contribution in [3.8, 4) is 0 Å². The molecule has 1 aliphatic heterocycles. The quantitative estimate of drug-likeness (QED) is 0.670. The number of benzene rings is 1. The molecule has 3 heterocycles. The average molecular weight is 414 g/mol. The normalized spacial score (nSPS) is 16.1. The van der Waals surface area contributed by atoms with Crippen LogP contribution in [0.4, 0.5) is 5.69 Å². The summed E-state index contributed by atoms with van der Waals surface area (Å²) in [4.78, 5) is 13.7. The Balaban J connectivity index is 1.61. The molecule has 0 aliphatic carbocycles. The molecule has 1 saturated heterocycles. The van der Waals surface area contributed by atoms with Gasteiger partial charge in [0.05, 0.1) is 10.9 Å². The van der Waals surface area contributed by atoms with Crippen molar-refractivity contribution in [2.24, 2.45) is 5.92 Å². The molecule has 4 rings (SSSR count). The molecule has 1 aliphatic rings. The van der Waals surface area contributed by atoms with E-state index in [-0.39, 0.29) is 16.7 Å². The Bertz CT molecular complexity index is 1140. The zero-order valence-corrected chi connectivity index (χ0v) is 17.1. The number of amides is 1. The Kier molecular flexibility index (Phi) is 5.10. The second-order valence-electron chi connectivity index (χ2n) is 7.47. The van der Waals surface area contributed by atoms with Crippen LogP contribution < -0.4 is 9.62 Å². The minimum absolute atomic E-state index is 0.0427. The van der Waals surface area contributed by atoms with Gasteiger partial charge in [-0.1, -0.05) is 19.9 Å². The monoisotopic (exact) mass is 413 g/mol. The van der Waals surface area contributed by atoms with Gasteiger partial charge in [0, 0.05) is 24.8 Å². The first-order chi connectivity index (χ1) is 13.9. The third-order valence-corrected chi connectivity index (χ3v) is 6.56. The molecule has 0 spiro atoms. The van der Waals surface area contributed by atoms with Gasteiger partial charge in [-0.25, -0.2) is 13.1 Å². The summed E-state index contributed by atoms with van der Waals surface area (Å²) < 4.78 is 30.6. The highest BCUT2D eigenvalue weighted by atomic mass is 32.2. The zero-order valence-electron chi connectivity index (χ0n) is 16.3. The number of aromatic nitrogens is 3. The van der Waals surface area contributed by atoms with Crippen LogP contribution in [0.1, 0.15) is 38.6 Å². The lowest BCUT2D eigenvalue weighted by molar-refractivity contribution is -0.117. The lowest BCUT2D eigenvalue weighted by Gasteiger charge is -2.21. The van der Waals surface area contributed by atoms with E-state index in [1.165, 1.54) is 12.1 Å². The Hall–Kier alpha value is -2.78. The summed E-state index contributed by atoms with van der Waals surface area (Å²) in [6.45, 7) is 4.52. The van der Waals surface area contributed by atoms with Crippen molar-refractivity contribution in [1.29, 1.82) is 0 Å². The maximum absolute atomic E-state index is 13.0. The van der Waals surface area contributed by atoms with E-state index in [4.69, 9.17) is 0 Å². The van der Waals surface area contributed by atoms with Crippen molar-refractivity contribution >= 4 is 27.3 Å². The Morgan fingerprint density at radius 3 is 2.48 bits per heavy atom. The third kappa shape index (κ3) is 3.75. The van der Waals surface area contributed by atoms with Crippen molar-refractivity contribution in [1.82, 2.24) is 19.3 Å². The van der Waals surface area contributed by atoms with E-state index in [0.29, 0.717) is 24.4 Å². The minimum Gasteiger partial charge on any atom is -0.312 e. The Labute approximate surface area is 169 Å². The fourth-order valence-corrected chi connectivity index (χ4v) is 4.86. The van der Waals surface area contributed by atoms with E-state index >= 15 is 0 Å². The standard InChI is InChI=1S/C20H23N5O3S/c1-14(2)19(20-22-21-17-6-3-4-12-25(17)20)23-29(27,28)16-10-8-15(9-11-16)24-13-5-7-18(24)26/h3-4,6,8-12,14,19,23H,5,7,13H2,1-2H3/t19-/m1/s1. The number of carbonyl (C=O) groups excluding carboxylic acids is 1. The fourth-order valence-electron chi connectivity index (χ4n) is 3.52. The number of nitrogens with zero attached hydrogens (tertiary/aromatic N) is 4. The molecule has 2 aromatic heterocycles. The largest absolute Gasteiger partial charge is 0.312 e.